The van der Waals surface area contributed by atoms with E-state index in [0.29, 0.717) is 13.0 Å². The third-order valence-electron chi connectivity index (χ3n) is 4.50. The molecule has 1 aromatic rings. The lowest BCUT2D eigenvalue weighted by atomic mass is 9.85. The van der Waals surface area contributed by atoms with E-state index in [1.54, 1.807) is 24.9 Å². The van der Waals surface area contributed by atoms with Gasteiger partial charge in [-0.05, 0) is 48.4 Å². The zero-order valence-electron chi connectivity index (χ0n) is 14.7. The first-order chi connectivity index (χ1) is 10.4. The quantitative estimate of drug-likeness (QED) is 0.918. The van der Waals surface area contributed by atoms with Crippen LogP contribution in [0.15, 0.2) is 17.0 Å². The third-order valence-corrected chi connectivity index (χ3v) is 6.10. The Bertz CT molecular complexity index is 733. The summed E-state index contributed by atoms with van der Waals surface area (Å²) in [6.07, 6.45) is 0.506. The van der Waals surface area contributed by atoms with Crippen molar-refractivity contribution in [3.05, 3.63) is 28.8 Å². The molecule has 0 aromatic heterocycles. The van der Waals surface area contributed by atoms with Gasteiger partial charge >= 0.3 is 0 Å². The maximum Gasteiger partial charge on any atom is 0.241 e. The second kappa shape index (κ2) is 5.91. The van der Waals surface area contributed by atoms with E-state index in [1.807, 2.05) is 13.0 Å². The van der Waals surface area contributed by atoms with Crippen LogP contribution in [0.2, 0.25) is 0 Å². The largest absolute Gasteiger partial charge is 0.344 e. The number of sulfonamides is 1. The molecule has 1 amide bonds. The highest BCUT2D eigenvalue weighted by Crippen LogP contribution is 2.29. The number of amides is 1. The number of likely N-dealkylation sites (tertiary alicyclic amines) is 1. The van der Waals surface area contributed by atoms with Crippen molar-refractivity contribution in [3.63, 3.8) is 0 Å². The van der Waals surface area contributed by atoms with E-state index in [2.05, 4.69) is 25.5 Å². The van der Waals surface area contributed by atoms with E-state index in [-0.39, 0.29) is 16.2 Å². The molecule has 1 fully saturated rings. The van der Waals surface area contributed by atoms with Crippen LogP contribution in [0.25, 0.3) is 0 Å². The fourth-order valence-corrected chi connectivity index (χ4v) is 4.29. The highest BCUT2D eigenvalue weighted by molar-refractivity contribution is 7.89. The summed E-state index contributed by atoms with van der Waals surface area (Å²) in [5, 5.41) is 0. The van der Waals surface area contributed by atoms with E-state index in [4.69, 9.17) is 0 Å². The predicted octanol–water partition coefficient (Wildman–Crippen LogP) is 2.11. The molecule has 6 heteroatoms. The van der Waals surface area contributed by atoms with Crippen molar-refractivity contribution in [1.29, 1.82) is 0 Å². The molecule has 1 N–H and O–H groups in total. The topological polar surface area (TPSA) is 66.5 Å². The Balaban J connectivity index is 2.44. The summed E-state index contributed by atoms with van der Waals surface area (Å²) in [7, 11) is -2.05. The first kappa shape index (κ1) is 17.9. The van der Waals surface area contributed by atoms with Crippen molar-refractivity contribution in [3.8, 4) is 0 Å². The van der Waals surface area contributed by atoms with E-state index in [0.717, 1.165) is 16.7 Å². The minimum Gasteiger partial charge on any atom is -0.344 e. The fourth-order valence-electron chi connectivity index (χ4n) is 2.72. The Morgan fingerprint density at radius 2 is 1.83 bits per heavy atom. The number of hydrogen-bond donors (Lipinski definition) is 1. The van der Waals surface area contributed by atoms with Gasteiger partial charge in [0, 0.05) is 13.6 Å². The number of hydrogen-bond acceptors (Lipinski definition) is 3. The summed E-state index contributed by atoms with van der Waals surface area (Å²) >= 11 is 0. The van der Waals surface area contributed by atoms with E-state index in [1.165, 1.54) is 0 Å². The molecule has 0 aliphatic carbocycles. The normalized spacial score (nSPS) is 19.5. The second-order valence-corrected chi connectivity index (χ2v) is 9.07. The molecule has 1 aliphatic heterocycles. The van der Waals surface area contributed by atoms with Gasteiger partial charge in [0.25, 0.3) is 0 Å². The van der Waals surface area contributed by atoms with E-state index in [9.17, 15) is 13.2 Å². The molecule has 128 valence electrons. The average Bonchev–Trinajstić information content (AvgIpc) is 2.71. The number of carbonyl (C=O) groups excluding carboxylic acids is 1. The van der Waals surface area contributed by atoms with Gasteiger partial charge in [-0.1, -0.05) is 26.8 Å². The summed E-state index contributed by atoms with van der Waals surface area (Å²) in [5.41, 5.74) is 2.49. The van der Waals surface area contributed by atoms with Gasteiger partial charge in [0.05, 0.1) is 4.90 Å². The van der Waals surface area contributed by atoms with Crippen molar-refractivity contribution in [2.24, 2.45) is 0 Å². The molecule has 0 spiro atoms. The monoisotopic (exact) mass is 338 g/mol. The maximum atomic E-state index is 12.8. The number of carbonyl (C=O) groups is 1. The number of likely N-dealkylation sites (N-methyl/N-ethyl adjacent to an activating group) is 1. The summed E-state index contributed by atoms with van der Waals surface area (Å²) in [6.45, 7) is 10.5. The Morgan fingerprint density at radius 1 is 1.22 bits per heavy atom. The lowest BCUT2D eigenvalue weighted by Gasteiger charge is -2.23. The Morgan fingerprint density at radius 3 is 2.30 bits per heavy atom. The molecular formula is C17H26N2O3S. The molecule has 1 saturated heterocycles. The molecule has 1 unspecified atom stereocenters. The molecule has 1 heterocycles. The number of nitrogens with zero attached hydrogens (tertiary/aromatic N) is 1. The van der Waals surface area contributed by atoms with Crippen molar-refractivity contribution in [2.45, 2.75) is 57.4 Å². The van der Waals surface area contributed by atoms with Crippen LogP contribution in [0.4, 0.5) is 0 Å². The number of aryl methyl sites for hydroxylation is 1. The van der Waals surface area contributed by atoms with Gasteiger partial charge in [-0.3, -0.25) is 4.79 Å². The summed E-state index contributed by atoms with van der Waals surface area (Å²) < 4.78 is 28.2. The highest BCUT2D eigenvalue weighted by Gasteiger charge is 2.34. The summed E-state index contributed by atoms with van der Waals surface area (Å²) in [5.74, 6) is -0.171. The third kappa shape index (κ3) is 3.58. The van der Waals surface area contributed by atoms with E-state index >= 15 is 0 Å². The summed E-state index contributed by atoms with van der Waals surface area (Å²) in [6, 6.07) is 3.10. The molecule has 1 aliphatic rings. The molecule has 5 nitrogen and oxygen atoms in total. The van der Waals surface area contributed by atoms with Crippen LogP contribution in [0, 0.1) is 13.8 Å². The minimum atomic E-state index is -3.73. The van der Waals surface area contributed by atoms with Crippen molar-refractivity contribution >= 4 is 15.9 Å². The molecule has 0 radical (unpaired) electrons. The van der Waals surface area contributed by atoms with Crippen molar-refractivity contribution in [1.82, 2.24) is 9.62 Å². The van der Waals surface area contributed by atoms with Gasteiger partial charge in [0.15, 0.2) is 0 Å². The fraction of sp³-hybridized carbons (Fsp3) is 0.588. The lowest BCUT2D eigenvalue weighted by molar-refractivity contribution is -0.127. The Kier molecular flexibility index (Phi) is 4.61. The van der Waals surface area contributed by atoms with Gasteiger partial charge in [0.1, 0.15) is 6.04 Å². The van der Waals surface area contributed by atoms with Gasteiger partial charge in [-0.2, -0.15) is 4.72 Å². The second-order valence-electron chi connectivity index (χ2n) is 7.39. The Hall–Kier alpha value is -1.40. The van der Waals surface area contributed by atoms with Gasteiger partial charge < -0.3 is 4.90 Å². The molecule has 23 heavy (non-hydrogen) atoms. The SMILES string of the molecule is Cc1cc(C(C)(C)C)cc(S(=O)(=O)NC2CCN(C)C2=O)c1C. The standard InChI is InChI=1S/C17H26N2O3S/c1-11-9-13(17(3,4)5)10-15(12(11)2)23(21,22)18-14-7-8-19(6)16(14)20/h9-10,14,18H,7-8H2,1-6H3. The molecule has 2 rings (SSSR count). The smallest absolute Gasteiger partial charge is 0.241 e. The zero-order chi connectivity index (χ0) is 17.6. The Labute approximate surface area is 139 Å². The van der Waals surface area contributed by atoms with Crippen molar-refractivity contribution in [2.75, 3.05) is 13.6 Å². The summed E-state index contributed by atoms with van der Waals surface area (Å²) in [4.78, 5) is 13.8. The molecule has 0 bridgehead atoms. The minimum absolute atomic E-state index is 0.147. The number of rotatable bonds is 3. The molecule has 1 aromatic carbocycles. The van der Waals surface area contributed by atoms with Gasteiger partial charge in [-0.25, -0.2) is 8.42 Å². The number of nitrogens with one attached hydrogen (secondary N) is 1. The van der Waals surface area contributed by atoms with Crippen LogP contribution in [-0.4, -0.2) is 38.9 Å². The molecule has 0 saturated carbocycles. The first-order valence-corrected chi connectivity index (χ1v) is 9.31. The van der Waals surface area contributed by atoms with Crippen LogP contribution in [-0.2, 0) is 20.2 Å². The zero-order valence-corrected chi connectivity index (χ0v) is 15.5. The van der Waals surface area contributed by atoms with Crippen LogP contribution >= 0.6 is 0 Å². The van der Waals surface area contributed by atoms with Crippen LogP contribution in [0.3, 0.4) is 0 Å². The highest BCUT2D eigenvalue weighted by atomic mass is 32.2. The first-order valence-electron chi connectivity index (χ1n) is 7.82. The lowest BCUT2D eigenvalue weighted by Crippen LogP contribution is -2.40. The van der Waals surface area contributed by atoms with Gasteiger partial charge in [-0.15, -0.1) is 0 Å². The predicted molar refractivity (Wildman–Crippen MR) is 91.0 cm³/mol. The molecular weight excluding hydrogens is 312 g/mol. The number of benzene rings is 1. The van der Waals surface area contributed by atoms with Crippen LogP contribution in [0.1, 0.15) is 43.9 Å². The van der Waals surface area contributed by atoms with Crippen LogP contribution < -0.4 is 4.72 Å². The molecule has 1 atom stereocenters. The van der Waals surface area contributed by atoms with Crippen molar-refractivity contribution < 1.29 is 13.2 Å². The van der Waals surface area contributed by atoms with Gasteiger partial charge in [0.2, 0.25) is 15.9 Å². The van der Waals surface area contributed by atoms with E-state index < -0.39 is 16.1 Å². The van der Waals surface area contributed by atoms with Crippen LogP contribution in [0.5, 0.6) is 0 Å². The average molecular weight is 338 g/mol. The maximum absolute atomic E-state index is 12.8.